The van der Waals surface area contributed by atoms with E-state index in [1.54, 1.807) is 25.1 Å². The Morgan fingerprint density at radius 2 is 2.20 bits per heavy atom. The summed E-state index contributed by atoms with van der Waals surface area (Å²) in [6.45, 7) is 1.75. The van der Waals surface area contributed by atoms with Crippen molar-refractivity contribution in [2.75, 3.05) is 7.11 Å². The molecule has 0 fully saturated rings. The Hall–Kier alpha value is -1.55. The lowest BCUT2D eigenvalue weighted by Gasteiger charge is -2.05. The highest BCUT2D eigenvalue weighted by Crippen LogP contribution is 2.14. The summed E-state index contributed by atoms with van der Waals surface area (Å²) < 4.78 is 4.59. The van der Waals surface area contributed by atoms with Gasteiger partial charge in [-0.25, -0.2) is 4.79 Å². The molecular formula is C10H10ClNO3. The lowest BCUT2D eigenvalue weighted by atomic mass is 10.1. The molecule has 0 bridgehead atoms. The van der Waals surface area contributed by atoms with Crippen LogP contribution in [0.15, 0.2) is 23.4 Å². The number of oxime groups is 1. The quantitative estimate of drug-likeness (QED) is 0.365. The highest BCUT2D eigenvalue weighted by atomic mass is 35.5. The fraction of sp³-hybridized carbons (Fsp3) is 0.200. The van der Waals surface area contributed by atoms with Crippen LogP contribution in [0.5, 0.6) is 0 Å². The Morgan fingerprint density at radius 1 is 1.53 bits per heavy atom. The van der Waals surface area contributed by atoms with Crippen LogP contribution in [0.2, 0.25) is 0 Å². The van der Waals surface area contributed by atoms with Crippen molar-refractivity contribution in [1.82, 2.24) is 0 Å². The topological polar surface area (TPSA) is 58.9 Å². The van der Waals surface area contributed by atoms with Crippen molar-refractivity contribution in [2.24, 2.45) is 5.16 Å². The van der Waals surface area contributed by atoms with Gasteiger partial charge in [0.15, 0.2) is 5.17 Å². The van der Waals surface area contributed by atoms with E-state index in [1.807, 2.05) is 0 Å². The molecule has 0 saturated carbocycles. The Labute approximate surface area is 92.1 Å². The number of esters is 1. The Balaban J connectivity index is 3.14. The molecule has 0 atom stereocenters. The largest absolute Gasteiger partial charge is 0.465 e. The van der Waals surface area contributed by atoms with Crippen molar-refractivity contribution in [3.8, 4) is 0 Å². The standard InChI is InChI=1S/C10H10ClNO3/c1-6-5-7(9(11)12-14)3-4-8(6)10(13)15-2/h3-5,14H,1-2H3. The van der Waals surface area contributed by atoms with E-state index in [0.717, 1.165) is 0 Å². The fourth-order valence-corrected chi connectivity index (χ4v) is 1.31. The molecule has 1 rings (SSSR count). The number of aryl methyl sites for hydroxylation is 1. The second kappa shape index (κ2) is 4.79. The van der Waals surface area contributed by atoms with E-state index in [0.29, 0.717) is 16.7 Å². The predicted octanol–water partition coefficient (Wildman–Crippen LogP) is 2.16. The summed E-state index contributed by atoms with van der Waals surface area (Å²) in [6, 6.07) is 4.81. The SMILES string of the molecule is COC(=O)c1ccc(C(Cl)=NO)cc1C. The van der Waals surface area contributed by atoms with Gasteiger partial charge < -0.3 is 9.94 Å². The molecule has 1 aromatic carbocycles. The zero-order valence-electron chi connectivity index (χ0n) is 8.32. The van der Waals surface area contributed by atoms with E-state index in [-0.39, 0.29) is 5.17 Å². The minimum Gasteiger partial charge on any atom is -0.465 e. The number of methoxy groups -OCH3 is 1. The van der Waals surface area contributed by atoms with E-state index in [1.165, 1.54) is 7.11 Å². The van der Waals surface area contributed by atoms with Gasteiger partial charge in [-0.3, -0.25) is 0 Å². The van der Waals surface area contributed by atoms with Gasteiger partial charge in [-0.2, -0.15) is 0 Å². The maximum Gasteiger partial charge on any atom is 0.338 e. The average Bonchev–Trinajstić information content (AvgIpc) is 2.26. The molecule has 15 heavy (non-hydrogen) atoms. The van der Waals surface area contributed by atoms with E-state index >= 15 is 0 Å². The molecular weight excluding hydrogens is 218 g/mol. The molecule has 0 aliphatic carbocycles. The maximum absolute atomic E-state index is 11.3. The van der Waals surface area contributed by atoms with Gasteiger partial charge in [-0.15, -0.1) is 0 Å². The number of halogens is 1. The van der Waals surface area contributed by atoms with Crippen LogP contribution >= 0.6 is 11.6 Å². The molecule has 1 N–H and O–H groups in total. The average molecular weight is 228 g/mol. The number of carbonyl (C=O) groups is 1. The lowest BCUT2D eigenvalue weighted by molar-refractivity contribution is 0.0600. The van der Waals surface area contributed by atoms with Crippen molar-refractivity contribution in [3.63, 3.8) is 0 Å². The fourth-order valence-electron chi connectivity index (χ4n) is 1.19. The third-order valence-electron chi connectivity index (χ3n) is 1.96. The highest BCUT2D eigenvalue weighted by molar-refractivity contribution is 6.69. The number of hydrogen-bond acceptors (Lipinski definition) is 4. The van der Waals surface area contributed by atoms with Crippen LogP contribution in [-0.4, -0.2) is 23.5 Å². The second-order valence-electron chi connectivity index (χ2n) is 2.91. The van der Waals surface area contributed by atoms with Crippen LogP contribution in [0.4, 0.5) is 0 Å². The maximum atomic E-state index is 11.3. The van der Waals surface area contributed by atoms with Gasteiger partial charge in [-0.1, -0.05) is 22.8 Å². The van der Waals surface area contributed by atoms with Crippen LogP contribution in [0.3, 0.4) is 0 Å². The number of carbonyl (C=O) groups excluding carboxylic acids is 1. The summed E-state index contributed by atoms with van der Waals surface area (Å²) in [5.41, 5.74) is 1.72. The van der Waals surface area contributed by atoms with Gasteiger partial charge in [0.1, 0.15) is 0 Å². The Bertz CT molecular complexity index is 415. The number of ether oxygens (including phenoxy) is 1. The third-order valence-corrected chi connectivity index (χ3v) is 2.25. The molecule has 0 unspecified atom stereocenters. The van der Waals surface area contributed by atoms with E-state index in [9.17, 15) is 4.79 Å². The molecule has 0 radical (unpaired) electrons. The van der Waals surface area contributed by atoms with Gasteiger partial charge in [0, 0.05) is 5.56 Å². The van der Waals surface area contributed by atoms with Gasteiger partial charge in [0.25, 0.3) is 0 Å². The molecule has 0 aromatic heterocycles. The summed E-state index contributed by atoms with van der Waals surface area (Å²) in [5, 5.41) is 11.3. The van der Waals surface area contributed by atoms with Crippen molar-refractivity contribution < 1.29 is 14.7 Å². The molecule has 1 aromatic rings. The first-order valence-corrected chi connectivity index (χ1v) is 4.55. The molecule has 0 heterocycles. The molecule has 5 heteroatoms. The van der Waals surface area contributed by atoms with Crippen LogP contribution < -0.4 is 0 Å². The Morgan fingerprint density at radius 3 is 2.67 bits per heavy atom. The summed E-state index contributed by atoms with van der Waals surface area (Å²) in [6.07, 6.45) is 0. The van der Waals surface area contributed by atoms with Crippen LogP contribution in [0.1, 0.15) is 21.5 Å². The van der Waals surface area contributed by atoms with E-state index < -0.39 is 5.97 Å². The summed E-state index contributed by atoms with van der Waals surface area (Å²) in [7, 11) is 1.32. The number of hydrogen-bond donors (Lipinski definition) is 1. The first kappa shape index (κ1) is 11.5. The summed E-state index contributed by atoms with van der Waals surface area (Å²) >= 11 is 5.61. The van der Waals surface area contributed by atoms with Crippen LogP contribution in [0.25, 0.3) is 0 Å². The third kappa shape index (κ3) is 2.47. The summed E-state index contributed by atoms with van der Waals surface area (Å²) in [5.74, 6) is -0.406. The predicted molar refractivity (Wildman–Crippen MR) is 56.7 cm³/mol. The molecule has 0 amide bonds. The van der Waals surface area contributed by atoms with E-state index in [2.05, 4.69) is 9.89 Å². The van der Waals surface area contributed by atoms with Crippen molar-refractivity contribution in [3.05, 3.63) is 34.9 Å². The smallest absolute Gasteiger partial charge is 0.338 e. The molecule has 0 aliphatic rings. The van der Waals surface area contributed by atoms with Crippen LogP contribution in [0, 0.1) is 6.92 Å². The van der Waals surface area contributed by atoms with Crippen molar-refractivity contribution in [2.45, 2.75) is 6.92 Å². The van der Waals surface area contributed by atoms with Crippen molar-refractivity contribution >= 4 is 22.7 Å². The van der Waals surface area contributed by atoms with Gasteiger partial charge in [0.2, 0.25) is 0 Å². The molecule has 0 spiro atoms. The number of rotatable bonds is 2. The molecule has 80 valence electrons. The molecule has 0 aliphatic heterocycles. The highest BCUT2D eigenvalue weighted by Gasteiger charge is 2.10. The monoisotopic (exact) mass is 227 g/mol. The first-order chi connectivity index (χ1) is 7.10. The van der Waals surface area contributed by atoms with Crippen LogP contribution in [-0.2, 0) is 4.74 Å². The van der Waals surface area contributed by atoms with Gasteiger partial charge >= 0.3 is 5.97 Å². The number of nitrogens with zero attached hydrogens (tertiary/aromatic N) is 1. The second-order valence-corrected chi connectivity index (χ2v) is 3.27. The zero-order chi connectivity index (χ0) is 11.4. The minimum absolute atomic E-state index is 0.0190. The minimum atomic E-state index is -0.406. The van der Waals surface area contributed by atoms with Crippen molar-refractivity contribution in [1.29, 1.82) is 0 Å². The normalized spacial score (nSPS) is 11.3. The molecule has 0 saturated heterocycles. The van der Waals surface area contributed by atoms with Gasteiger partial charge in [-0.05, 0) is 24.6 Å². The van der Waals surface area contributed by atoms with Gasteiger partial charge in [0.05, 0.1) is 12.7 Å². The lowest BCUT2D eigenvalue weighted by Crippen LogP contribution is -2.04. The Kier molecular flexibility index (Phi) is 3.68. The summed E-state index contributed by atoms with van der Waals surface area (Å²) in [4.78, 5) is 11.3. The first-order valence-electron chi connectivity index (χ1n) is 4.17. The van der Waals surface area contributed by atoms with E-state index in [4.69, 9.17) is 16.8 Å². The number of benzene rings is 1. The zero-order valence-corrected chi connectivity index (χ0v) is 9.08. The molecule has 4 nitrogen and oxygen atoms in total.